The van der Waals surface area contributed by atoms with Gasteiger partial charge in [0.05, 0.1) is 18.6 Å². The Balaban J connectivity index is 1.48. The molecule has 0 radical (unpaired) electrons. The fourth-order valence-corrected chi connectivity index (χ4v) is 3.75. The van der Waals surface area contributed by atoms with E-state index in [2.05, 4.69) is 4.98 Å². The van der Waals surface area contributed by atoms with Gasteiger partial charge in [-0.05, 0) is 50.1 Å². The van der Waals surface area contributed by atoms with Crippen LogP contribution in [0.25, 0.3) is 11.5 Å². The summed E-state index contributed by atoms with van der Waals surface area (Å²) in [5.41, 5.74) is 2.87. The molecular formula is C24H29NO6S. The lowest BCUT2D eigenvalue weighted by Gasteiger charge is -2.16. The van der Waals surface area contributed by atoms with Crippen molar-refractivity contribution in [2.75, 3.05) is 19.5 Å². The second-order valence-electron chi connectivity index (χ2n) is 7.35. The first-order valence-corrected chi connectivity index (χ1v) is 12.4. The fourth-order valence-electron chi connectivity index (χ4n) is 3.21. The van der Waals surface area contributed by atoms with Crippen LogP contribution in [0.15, 0.2) is 59.0 Å². The summed E-state index contributed by atoms with van der Waals surface area (Å²) >= 11 is 0. The van der Waals surface area contributed by atoms with E-state index < -0.39 is 16.4 Å². The van der Waals surface area contributed by atoms with E-state index in [-0.39, 0.29) is 0 Å². The predicted octanol–water partition coefficient (Wildman–Crippen LogP) is 4.54. The first kappa shape index (κ1) is 24.0. The molecule has 1 aromatic heterocycles. The zero-order chi connectivity index (χ0) is 23.0. The van der Waals surface area contributed by atoms with Gasteiger partial charge in [-0.1, -0.05) is 30.3 Å². The SMILES string of the molecule is CCOC(CCc1ccc(OCCc2nc(-c3ccccc3)oc2C)cc1)OS(C)(=O)=O. The Morgan fingerprint density at radius 1 is 1.03 bits per heavy atom. The number of hydrogen-bond donors (Lipinski definition) is 0. The van der Waals surface area contributed by atoms with Gasteiger partial charge in [-0.15, -0.1) is 0 Å². The lowest BCUT2D eigenvalue weighted by atomic mass is 10.1. The molecule has 0 spiro atoms. The van der Waals surface area contributed by atoms with E-state index in [1.165, 1.54) is 0 Å². The average molecular weight is 460 g/mol. The number of hydrogen-bond acceptors (Lipinski definition) is 7. The van der Waals surface area contributed by atoms with Crippen molar-refractivity contribution in [1.82, 2.24) is 4.98 Å². The monoisotopic (exact) mass is 459 g/mol. The van der Waals surface area contributed by atoms with Gasteiger partial charge in [-0.2, -0.15) is 8.42 Å². The Kier molecular flexibility index (Phi) is 8.44. The van der Waals surface area contributed by atoms with E-state index in [1.807, 2.05) is 61.5 Å². The quantitative estimate of drug-likeness (QED) is 0.290. The standard InChI is InChI=1S/C24H29NO6S/c1-4-28-23(31-32(3,26)27)15-12-19-10-13-21(14-11-19)29-17-16-22-18(2)30-24(25-22)20-8-6-5-7-9-20/h5-11,13-14,23H,4,12,15-17H2,1-3H3. The largest absolute Gasteiger partial charge is 0.493 e. The van der Waals surface area contributed by atoms with E-state index >= 15 is 0 Å². The number of rotatable bonds is 12. The Hall–Kier alpha value is -2.68. The van der Waals surface area contributed by atoms with Crippen LogP contribution < -0.4 is 4.74 Å². The Morgan fingerprint density at radius 3 is 2.41 bits per heavy atom. The van der Waals surface area contributed by atoms with Crippen LogP contribution in [0.5, 0.6) is 5.75 Å². The van der Waals surface area contributed by atoms with Crippen molar-refractivity contribution in [3.63, 3.8) is 0 Å². The van der Waals surface area contributed by atoms with Crippen molar-refractivity contribution in [3.8, 4) is 17.2 Å². The molecule has 0 amide bonds. The zero-order valence-corrected chi connectivity index (χ0v) is 19.4. The van der Waals surface area contributed by atoms with Crippen LogP contribution in [0.1, 0.15) is 30.4 Å². The normalized spacial score (nSPS) is 12.6. The topological polar surface area (TPSA) is 87.9 Å². The molecule has 1 atom stereocenters. The molecular weight excluding hydrogens is 430 g/mol. The fraction of sp³-hybridized carbons (Fsp3) is 0.375. The van der Waals surface area contributed by atoms with Crippen molar-refractivity contribution < 1.29 is 26.5 Å². The molecule has 172 valence electrons. The molecule has 0 fully saturated rings. The lowest BCUT2D eigenvalue weighted by molar-refractivity contribution is -0.0749. The third-order valence-electron chi connectivity index (χ3n) is 4.75. The van der Waals surface area contributed by atoms with Gasteiger partial charge in [0.1, 0.15) is 11.5 Å². The van der Waals surface area contributed by atoms with Crippen molar-refractivity contribution in [2.24, 2.45) is 0 Å². The minimum atomic E-state index is -3.56. The van der Waals surface area contributed by atoms with E-state index in [0.29, 0.717) is 38.4 Å². The van der Waals surface area contributed by atoms with Crippen LogP contribution in [0, 0.1) is 6.92 Å². The van der Waals surface area contributed by atoms with E-state index in [0.717, 1.165) is 34.6 Å². The van der Waals surface area contributed by atoms with E-state index in [4.69, 9.17) is 18.1 Å². The second kappa shape index (κ2) is 11.3. The summed E-state index contributed by atoms with van der Waals surface area (Å²) in [5, 5.41) is 0. The highest BCUT2D eigenvalue weighted by Crippen LogP contribution is 2.22. The number of aromatic nitrogens is 1. The van der Waals surface area contributed by atoms with Crippen molar-refractivity contribution in [1.29, 1.82) is 0 Å². The Bertz CT molecular complexity index is 1080. The first-order valence-electron chi connectivity index (χ1n) is 10.6. The maximum absolute atomic E-state index is 11.3. The summed E-state index contributed by atoms with van der Waals surface area (Å²) in [5.74, 6) is 2.17. The minimum absolute atomic E-state index is 0.380. The van der Waals surface area contributed by atoms with Gasteiger partial charge in [0.25, 0.3) is 10.1 Å². The molecule has 8 heteroatoms. The summed E-state index contributed by atoms with van der Waals surface area (Å²) in [6.07, 6.45) is 1.95. The van der Waals surface area contributed by atoms with Gasteiger partial charge >= 0.3 is 0 Å². The van der Waals surface area contributed by atoms with Crippen molar-refractivity contribution in [3.05, 3.63) is 71.6 Å². The number of oxazole rings is 1. The van der Waals surface area contributed by atoms with E-state index in [1.54, 1.807) is 6.92 Å². The van der Waals surface area contributed by atoms with Crippen LogP contribution in [-0.2, 0) is 31.9 Å². The molecule has 0 aliphatic carbocycles. The van der Waals surface area contributed by atoms with Gasteiger partial charge in [0, 0.05) is 25.0 Å². The maximum atomic E-state index is 11.3. The third kappa shape index (κ3) is 7.47. The second-order valence-corrected chi connectivity index (χ2v) is 8.95. The Morgan fingerprint density at radius 2 is 1.75 bits per heavy atom. The number of aryl methyl sites for hydroxylation is 2. The highest BCUT2D eigenvalue weighted by molar-refractivity contribution is 7.86. The molecule has 0 aliphatic heterocycles. The van der Waals surface area contributed by atoms with Crippen molar-refractivity contribution in [2.45, 2.75) is 39.4 Å². The third-order valence-corrected chi connectivity index (χ3v) is 5.31. The first-order chi connectivity index (χ1) is 15.3. The van der Waals surface area contributed by atoms with Crippen LogP contribution in [0.4, 0.5) is 0 Å². The molecule has 7 nitrogen and oxygen atoms in total. The maximum Gasteiger partial charge on any atom is 0.266 e. The van der Waals surface area contributed by atoms with Crippen LogP contribution in [0.3, 0.4) is 0 Å². The zero-order valence-electron chi connectivity index (χ0n) is 18.6. The molecule has 2 aromatic carbocycles. The molecule has 0 saturated heterocycles. The van der Waals surface area contributed by atoms with Crippen LogP contribution >= 0.6 is 0 Å². The molecule has 1 unspecified atom stereocenters. The van der Waals surface area contributed by atoms with Gasteiger partial charge in [0.2, 0.25) is 5.89 Å². The van der Waals surface area contributed by atoms with Gasteiger partial charge in [-0.3, -0.25) is 0 Å². The number of ether oxygens (including phenoxy) is 2. The smallest absolute Gasteiger partial charge is 0.266 e. The predicted molar refractivity (Wildman–Crippen MR) is 122 cm³/mol. The summed E-state index contributed by atoms with van der Waals surface area (Å²) < 4.78 is 44.7. The molecule has 0 aliphatic rings. The van der Waals surface area contributed by atoms with Gasteiger partial charge in [0.15, 0.2) is 6.29 Å². The average Bonchev–Trinajstić information content (AvgIpc) is 3.13. The van der Waals surface area contributed by atoms with Gasteiger partial charge in [-0.25, -0.2) is 9.17 Å². The highest BCUT2D eigenvalue weighted by Gasteiger charge is 2.16. The van der Waals surface area contributed by atoms with Crippen LogP contribution in [0.2, 0.25) is 0 Å². The van der Waals surface area contributed by atoms with Crippen LogP contribution in [-0.4, -0.2) is 39.2 Å². The number of nitrogens with zero attached hydrogens (tertiary/aromatic N) is 1. The van der Waals surface area contributed by atoms with Gasteiger partial charge < -0.3 is 13.9 Å². The summed E-state index contributed by atoms with van der Waals surface area (Å²) in [6, 6.07) is 17.5. The molecule has 3 aromatic rings. The molecule has 1 heterocycles. The molecule has 0 saturated carbocycles. The molecule has 32 heavy (non-hydrogen) atoms. The number of benzene rings is 2. The molecule has 0 bridgehead atoms. The molecule has 3 rings (SSSR count). The molecule has 0 N–H and O–H groups in total. The summed E-state index contributed by atoms with van der Waals surface area (Å²) in [4.78, 5) is 4.59. The van der Waals surface area contributed by atoms with E-state index in [9.17, 15) is 8.42 Å². The summed E-state index contributed by atoms with van der Waals surface area (Å²) in [7, 11) is -3.56. The lowest BCUT2D eigenvalue weighted by Crippen LogP contribution is -2.21. The Labute approximate surface area is 189 Å². The highest BCUT2D eigenvalue weighted by atomic mass is 32.2. The van der Waals surface area contributed by atoms with Crippen molar-refractivity contribution >= 4 is 10.1 Å². The summed E-state index contributed by atoms with van der Waals surface area (Å²) in [6.45, 7) is 4.57. The minimum Gasteiger partial charge on any atom is -0.493 e.